The first-order valence-electron chi connectivity index (χ1n) is 9.59. The first-order chi connectivity index (χ1) is 13.4. The van der Waals surface area contributed by atoms with E-state index in [4.69, 9.17) is 18.0 Å². The SMILES string of the molecule is CO[Si](CCCN1C=[N+](C(C)(C)C(=O)OCc2ccccc2)CC1)(OC)OC. The van der Waals surface area contributed by atoms with Crippen LogP contribution < -0.4 is 0 Å². The second kappa shape index (κ2) is 10.2. The smallest absolute Gasteiger partial charge is 0.457 e. The van der Waals surface area contributed by atoms with Gasteiger partial charge < -0.3 is 18.0 Å². The molecule has 0 amide bonds. The third kappa shape index (κ3) is 5.63. The number of carbonyl (C=O) groups is 1. The molecule has 0 fully saturated rings. The maximum Gasteiger partial charge on any atom is 0.500 e. The van der Waals surface area contributed by atoms with Crippen LogP contribution in [0.3, 0.4) is 0 Å². The van der Waals surface area contributed by atoms with Gasteiger partial charge in [0.2, 0.25) is 6.34 Å². The van der Waals surface area contributed by atoms with Crippen LogP contribution in [0.2, 0.25) is 6.04 Å². The fourth-order valence-corrected chi connectivity index (χ4v) is 4.92. The van der Waals surface area contributed by atoms with Gasteiger partial charge in [-0.2, -0.15) is 0 Å². The number of hydrogen-bond donors (Lipinski definition) is 0. The van der Waals surface area contributed by atoms with E-state index >= 15 is 0 Å². The average molecular weight is 410 g/mol. The highest BCUT2D eigenvalue weighted by atomic mass is 28.4. The number of ether oxygens (including phenoxy) is 1. The quantitative estimate of drug-likeness (QED) is 0.317. The van der Waals surface area contributed by atoms with Crippen LogP contribution >= 0.6 is 0 Å². The predicted molar refractivity (Wildman–Crippen MR) is 109 cm³/mol. The van der Waals surface area contributed by atoms with Crippen molar-refractivity contribution >= 4 is 21.1 Å². The van der Waals surface area contributed by atoms with Crippen LogP contribution in [0.1, 0.15) is 25.8 Å². The molecule has 0 aromatic heterocycles. The van der Waals surface area contributed by atoms with Crippen molar-refractivity contribution in [1.29, 1.82) is 0 Å². The van der Waals surface area contributed by atoms with Gasteiger partial charge in [0, 0.05) is 27.4 Å². The molecule has 156 valence electrons. The van der Waals surface area contributed by atoms with E-state index in [2.05, 4.69) is 4.90 Å². The summed E-state index contributed by atoms with van der Waals surface area (Å²) < 4.78 is 24.0. The third-order valence-corrected chi connectivity index (χ3v) is 8.05. The topological polar surface area (TPSA) is 60.2 Å². The van der Waals surface area contributed by atoms with Crippen LogP contribution in [0.25, 0.3) is 0 Å². The molecule has 0 spiro atoms. The van der Waals surface area contributed by atoms with Gasteiger partial charge in [0.15, 0.2) is 5.54 Å². The van der Waals surface area contributed by atoms with Crippen molar-refractivity contribution in [1.82, 2.24) is 4.90 Å². The minimum atomic E-state index is -2.53. The highest BCUT2D eigenvalue weighted by Gasteiger charge is 2.41. The van der Waals surface area contributed by atoms with Crippen molar-refractivity contribution in [3.05, 3.63) is 35.9 Å². The zero-order valence-corrected chi connectivity index (χ0v) is 18.6. The summed E-state index contributed by atoms with van der Waals surface area (Å²) in [5.74, 6) is -0.223. The zero-order chi connectivity index (χ0) is 20.6. The van der Waals surface area contributed by atoms with Gasteiger partial charge in [-0.05, 0) is 25.8 Å². The van der Waals surface area contributed by atoms with Gasteiger partial charge in [0.05, 0.1) is 6.54 Å². The second-order valence-corrected chi connectivity index (χ2v) is 10.5. The van der Waals surface area contributed by atoms with Crippen LogP contribution in [0.5, 0.6) is 0 Å². The summed E-state index contributed by atoms with van der Waals surface area (Å²) >= 11 is 0. The first kappa shape index (κ1) is 22.5. The Morgan fingerprint density at radius 3 is 2.39 bits per heavy atom. The van der Waals surface area contributed by atoms with E-state index in [0.29, 0.717) is 6.61 Å². The maximum absolute atomic E-state index is 12.6. The molecular formula is C20H33N2O5Si+. The molecule has 2 rings (SSSR count). The van der Waals surface area contributed by atoms with Crippen LogP contribution in [0.15, 0.2) is 30.3 Å². The number of nitrogens with zero attached hydrogens (tertiary/aromatic N) is 2. The lowest BCUT2D eigenvalue weighted by Crippen LogP contribution is -2.45. The number of benzene rings is 1. The standard InChI is InChI=1S/C20H33N2O5Si/c1-20(2,19(23)27-16-18-10-7-6-8-11-18)22-14-13-21(17-22)12-9-15-28(24-3,25-4)26-5/h6-8,10-11,17H,9,12-16H2,1-5H3/q+1. The summed E-state index contributed by atoms with van der Waals surface area (Å²) in [6.45, 7) is 6.61. The Kier molecular flexibility index (Phi) is 8.18. The van der Waals surface area contributed by atoms with Crippen molar-refractivity contribution in [2.24, 2.45) is 0 Å². The Morgan fingerprint density at radius 1 is 1.14 bits per heavy atom. The zero-order valence-electron chi connectivity index (χ0n) is 17.6. The minimum Gasteiger partial charge on any atom is -0.457 e. The molecular weight excluding hydrogens is 376 g/mol. The van der Waals surface area contributed by atoms with E-state index in [1.165, 1.54) is 0 Å². The molecule has 0 saturated carbocycles. The Labute approximate surface area is 169 Å². The van der Waals surface area contributed by atoms with E-state index in [1.54, 1.807) is 21.3 Å². The monoisotopic (exact) mass is 409 g/mol. The third-order valence-electron chi connectivity index (χ3n) is 5.22. The normalized spacial score (nSPS) is 14.9. The van der Waals surface area contributed by atoms with Gasteiger partial charge in [0.25, 0.3) is 0 Å². The first-order valence-corrected chi connectivity index (χ1v) is 11.5. The highest BCUT2D eigenvalue weighted by Crippen LogP contribution is 2.18. The van der Waals surface area contributed by atoms with Gasteiger partial charge in [0.1, 0.15) is 19.7 Å². The Morgan fingerprint density at radius 2 is 1.79 bits per heavy atom. The van der Waals surface area contributed by atoms with E-state index in [9.17, 15) is 4.79 Å². The summed E-state index contributed by atoms with van der Waals surface area (Å²) in [6, 6.07) is 10.5. The fourth-order valence-electron chi connectivity index (χ4n) is 3.21. The lowest BCUT2D eigenvalue weighted by Gasteiger charge is -2.24. The largest absolute Gasteiger partial charge is 0.500 e. The van der Waals surface area contributed by atoms with Crippen LogP contribution in [0.4, 0.5) is 0 Å². The molecule has 0 radical (unpaired) electrons. The van der Waals surface area contributed by atoms with Gasteiger partial charge in [-0.1, -0.05) is 30.3 Å². The molecule has 0 saturated heterocycles. The van der Waals surface area contributed by atoms with Gasteiger partial charge in [-0.15, -0.1) is 0 Å². The highest BCUT2D eigenvalue weighted by molar-refractivity contribution is 6.60. The molecule has 8 heteroatoms. The summed E-state index contributed by atoms with van der Waals surface area (Å²) in [5, 5.41) is 0. The molecule has 7 nitrogen and oxygen atoms in total. The van der Waals surface area contributed by atoms with Crippen molar-refractivity contribution in [2.45, 2.75) is 38.5 Å². The lowest BCUT2D eigenvalue weighted by atomic mass is 10.1. The number of hydrogen-bond acceptors (Lipinski definition) is 6. The average Bonchev–Trinajstić information content (AvgIpc) is 3.20. The molecule has 0 aliphatic carbocycles. The summed E-state index contributed by atoms with van der Waals surface area (Å²) in [4.78, 5) is 14.9. The van der Waals surface area contributed by atoms with E-state index in [-0.39, 0.29) is 5.97 Å². The van der Waals surface area contributed by atoms with Crippen LogP contribution in [-0.4, -0.2) is 77.1 Å². The molecule has 0 bridgehead atoms. The van der Waals surface area contributed by atoms with Crippen LogP contribution in [-0.2, 0) is 29.4 Å². The maximum atomic E-state index is 12.6. The van der Waals surface area contributed by atoms with Crippen molar-refractivity contribution in [3.8, 4) is 0 Å². The summed E-state index contributed by atoms with van der Waals surface area (Å²) in [5.41, 5.74) is 0.272. The van der Waals surface area contributed by atoms with E-state index in [1.807, 2.05) is 55.1 Å². The van der Waals surface area contributed by atoms with Crippen molar-refractivity contribution in [3.63, 3.8) is 0 Å². The molecule has 1 aliphatic rings. The lowest BCUT2D eigenvalue weighted by molar-refractivity contribution is -0.575. The fraction of sp³-hybridized carbons (Fsp3) is 0.600. The minimum absolute atomic E-state index is 0.223. The summed E-state index contributed by atoms with van der Waals surface area (Å²) in [7, 11) is 2.36. The number of carbonyl (C=O) groups excluding carboxylic acids is 1. The molecule has 1 aliphatic heterocycles. The molecule has 0 N–H and O–H groups in total. The molecule has 1 aromatic carbocycles. The van der Waals surface area contributed by atoms with E-state index in [0.717, 1.165) is 37.7 Å². The molecule has 28 heavy (non-hydrogen) atoms. The number of esters is 1. The van der Waals surface area contributed by atoms with Gasteiger partial charge in [-0.3, -0.25) is 4.90 Å². The van der Waals surface area contributed by atoms with E-state index < -0.39 is 14.3 Å². The molecule has 1 aromatic rings. The molecule has 1 heterocycles. The predicted octanol–water partition coefficient (Wildman–Crippen LogP) is 2.13. The Balaban J connectivity index is 1.87. The Hall–Kier alpha value is -1.74. The summed E-state index contributed by atoms with van der Waals surface area (Å²) in [6.07, 6.45) is 2.92. The van der Waals surface area contributed by atoms with Crippen molar-refractivity contribution < 1.29 is 27.4 Å². The van der Waals surface area contributed by atoms with Gasteiger partial charge in [-0.25, -0.2) is 9.37 Å². The second-order valence-electron chi connectivity index (χ2n) is 7.36. The number of rotatable bonds is 11. The molecule has 0 unspecified atom stereocenters. The van der Waals surface area contributed by atoms with Crippen molar-refractivity contribution in [2.75, 3.05) is 41.0 Å². The molecule has 0 atom stereocenters. The Bertz CT molecular complexity index is 654. The van der Waals surface area contributed by atoms with Gasteiger partial charge >= 0.3 is 14.8 Å². The van der Waals surface area contributed by atoms with Crippen LogP contribution in [0, 0.1) is 0 Å².